The lowest BCUT2D eigenvalue weighted by molar-refractivity contribution is -0.146. The van der Waals surface area contributed by atoms with Crippen molar-refractivity contribution >= 4 is 5.78 Å². The Morgan fingerprint density at radius 3 is 1.92 bits per heavy atom. The van der Waals surface area contributed by atoms with Gasteiger partial charge in [-0.3, -0.25) is 4.79 Å². The Kier molecular flexibility index (Phi) is 5.04. The minimum Gasteiger partial charge on any atom is -0.391 e. The van der Waals surface area contributed by atoms with Crippen LogP contribution >= 0.6 is 0 Å². The van der Waals surface area contributed by atoms with Gasteiger partial charge >= 0.3 is 0 Å². The Hall–Kier alpha value is -0.530. The van der Waals surface area contributed by atoms with Gasteiger partial charge in [0.05, 0.1) is 6.10 Å². The summed E-state index contributed by atoms with van der Waals surface area (Å²) in [4.78, 5) is 10.6. The third-order valence-corrected chi connectivity index (χ3v) is 1.65. The summed E-state index contributed by atoms with van der Waals surface area (Å²) >= 11 is 0. The van der Waals surface area contributed by atoms with Crippen molar-refractivity contribution in [3.63, 3.8) is 0 Å². The van der Waals surface area contributed by atoms with E-state index in [2.05, 4.69) is 0 Å². The zero-order chi connectivity index (χ0) is 10.6. The quantitative estimate of drug-likeness (QED) is 0.318. The molecule has 5 N–H and O–H groups in total. The van der Waals surface area contributed by atoms with Gasteiger partial charge < -0.3 is 25.5 Å². The largest absolute Gasteiger partial charge is 0.391 e. The summed E-state index contributed by atoms with van der Waals surface area (Å²) in [5.74, 6) is -1.01. The van der Waals surface area contributed by atoms with E-state index in [1.54, 1.807) is 0 Å². The van der Waals surface area contributed by atoms with Crippen LogP contribution < -0.4 is 0 Å². The highest BCUT2D eigenvalue weighted by Gasteiger charge is 2.31. The molecule has 6 nitrogen and oxygen atoms in total. The monoisotopic (exact) mass is 194 g/mol. The molecule has 0 radical (unpaired) electrons. The molecule has 0 saturated heterocycles. The Balaban J connectivity index is 4.24. The van der Waals surface area contributed by atoms with Crippen molar-refractivity contribution in [2.45, 2.75) is 31.3 Å². The molecule has 0 aromatic heterocycles. The Bertz CT molecular complexity index is 168. The molecule has 78 valence electrons. The number of hydrogen-bond acceptors (Lipinski definition) is 6. The van der Waals surface area contributed by atoms with E-state index in [4.69, 9.17) is 25.5 Å². The average molecular weight is 194 g/mol. The van der Waals surface area contributed by atoms with Gasteiger partial charge in [0.25, 0.3) is 0 Å². The van der Waals surface area contributed by atoms with Crippen LogP contribution in [0.2, 0.25) is 0 Å². The van der Waals surface area contributed by atoms with Crippen molar-refractivity contribution < 1.29 is 30.3 Å². The maximum absolute atomic E-state index is 10.6. The van der Waals surface area contributed by atoms with Gasteiger partial charge in [0, 0.05) is 0 Å². The molecule has 0 bridgehead atoms. The molecule has 0 heterocycles. The van der Waals surface area contributed by atoms with Crippen LogP contribution in [0.3, 0.4) is 0 Å². The molecule has 0 aromatic carbocycles. The maximum atomic E-state index is 10.6. The molecule has 13 heavy (non-hydrogen) atoms. The first-order valence-electron chi connectivity index (χ1n) is 3.77. The third kappa shape index (κ3) is 3.37. The van der Waals surface area contributed by atoms with Gasteiger partial charge in [0.1, 0.15) is 24.9 Å². The SMILES string of the molecule is C[C@@H](O)[C@@H](O)[C@H](O)[C@@H](O)C(=O)CO. The topological polar surface area (TPSA) is 118 Å². The van der Waals surface area contributed by atoms with Crippen LogP contribution in [0.4, 0.5) is 0 Å². The molecule has 4 atom stereocenters. The number of rotatable bonds is 5. The first-order chi connectivity index (χ1) is 5.91. The summed E-state index contributed by atoms with van der Waals surface area (Å²) in [6.45, 7) is 0.273. The number of carbonyl (C=O) groups is 1. The van der Waals surface area contributed by atoms with E-state index in [-0.39, 0.29) is 0 Å². The highest BCUT2D eigenvalue weighted by atomic mass is 16.4. The van der Waals surface area contributed by atoms with Crippen molar-refractivity contribution in [3.8, 4) is 0 Å². The molecule has 0 spiro atoms. The number of carbonyl (C=O) groups excluding carboxylic acids is 1. The Labute approximate surface area is 75.1 Å². The van der Waals surface area contributed by atoms with Crippen LogP contribution in [0.25, 0.3) is 0 Å². The van der Waals surface area contributed by atoms with Crippen molar-refractivity contribution in [1.82, 2.24) is 0 Å². The normalized spacial score (nSPS) is 20.5. The second kappa shape index (κ2) is 5.25. The third-order valence-electron chi connectivity index (χ3n) is 1.65. The fraction of sp³-hybridized carbons (Fsp3) is 0.857. The molecular formula is C7H14O6. The van der Waals surface area contributed by atoms with E-state index in [1.165, 1.54) is 6.92 Å². The van der Waals surface area contributed by atoms with Crippen molar-refractivity contribution in [2.75, 3.05) is 6.61 Å². The van der Waals surface area contributed by atoms with Crippen LogP contribution in [0.15, 0.2) is 0 Å². The minimum atomic E-state index is -1.88. The molecule has 0 rings (SSSR count). The van der Waals surface area contributed by atoms with Gasteiger partial charge in [-0.2, -0.15) is 0 Å². The fourth-order valence-corrected chi connectivity index (χ4v) is 0.756. The zero-order valence-corrected chi connectivity index (χ0v) is 7.16. The summed E-state index contributed by atoms with van der Waals surface area (Å²) < 4.78 is 0. The molecule has 0 aromatic rings. The van der Waals surface area contributed by atoms with E-state index in [0.29, 0.717) is 0 Å². The lowest BCUT2D eigenvalue weighted by Gasteiger charge is -2.23. The molecule has 6 heteroatoms. The summed E-state index contributed by atoms with van der Waals surface area (Å²) in [5, 5.41) is 44.2. The van der Waals surface area contributed by atoms with E-state index in [1.807, 2.05) is 0 Å². The predicted octanol–water partition coefficient (Wildman–Crippen LogP) is -2.99. The van der Waals surface area contributed by atoms with Crippen LogP contribution in [0.1, 0.15) is 6.92 Å². The summed E-state index contributed by atoms with van der Waals surface area (Å²) in [6, 6.07) is 0. The maximum Gasteiger partial charge on any atom is 0.189 e. The van der Waals surface area contributed by atoms with Gasteiger partial charge in [-0.15, -0.1) is 0 Å². The molecular weight excluding hydrogens is 180 g/mol. The van der Waals surface area contributed by atoms with E-state index in [0.717, 1.165) is 0 Å². The van der Waals surface area contributed by atoms with Gasteiger partial charge in [-0.05, 0) is 6.92 Å². The van der Waals surface area contributed by atoms with Gasteiger partial charge in [-0.1, -0.05) is 0 Å². The summed E-state index contributed by atoms with van der Waals surface area (Å²) in [7, 11) is 0. The van der Waals surface area contributed by atoms with E-state index in [9.17, 15) is 4.79 Å². The lowest BCUT2D eigenvalue weighted by Crippen LogP contribution is -2.47. The summed E-state index contributed by atoms with van der Waals surface area (Å²) in [5.41, 5.74) is 0. The number of aliphatic hydroxyl groups is 5. The smallest absolute Gasteiger partial charge is 0.189 e. The number of aliphatic hydroxyl groups excluding tert-OH is 5. The Morgan fingerprint density at radius 1 is 1.15 bits per heavy atom. The average Bonchev–Trinajstić information content (AvgIpc) is 2.12. The van der Waals surface area contributed by atoms with Crippen LogP contribution in [0, 0.1) is 0 Å². The second-order valence-electron chi connectivity index (χ2n) is 2.79. The summed E-state index contributed by atoms with van der Waals surface area (Å²) in [6.07, 6.45) is -6.56. The lowest BCUT2D eigenvalue weighted by atomic mass is 10.0. The molecule has 0 aliphatic rings. The molecule has 0 amide bonds. The van der Waals surface area contributed by atoms with E-state index < -0.39 is 36.8 Å². The predicted molar refractivity (Wildman–Crippen MR) is 41.8 cm³/mol. The van der Waals surface area contributed by atoms with Gasteiger partial charge in [0.2, 0.25) is 0 Å². The van der Waals surface area contributed by atoms with Gasteiger partial charge in [0.15, 0.2) is 5.78 Å². The second-order valence-corrected chi connectivity index (χ2v) is 2.79. The Morgan fingerprint density at radius 2 is 1.62 bits per heavy atom. The molecule has 0 aliphatic heterocycles. The van der Waals surface area contributed by atoms with Crippen molar-refractivity contribution in [3.05, 3.63) is 0 Å². The highest BCUT2D eigenvalue weighted by Crippen LogP contribution is 2.05. The first-order valence-corrected chi connectivity index (χ1v) is 3.77. The molecule has 0 unspecified atom stereocenters. The molecule has 0 saturated carbocycles. The van der Waals surface area contributed by atoms with E-state index >= 15 is 0 Å². The van der Waals surface area contributed by atoms with Gasteiger partial charge in [-0.25, -0.2) is 0 Å². The van der Waals surface area contributed by atoms with Crippen LogP contribution in [-0.2, 0) is 4.79 Å². The highest BCUT2D eigenvalue weighted by molar-refractivity contribution is 5.84. The molecule has 0 aliphatic carbocycles. The molecule has 0 fully saturated rings. The first kappa shape index (κ1) is 12.5. The van der Waals surface area contributed by atoms with Crippen molar-refractivity contribution in [1.29, 1.82) is 0 Å². The number of hydrogen-bond donors (Lipinski definition) is 5. The zero-order valence-electron chi connectivity index (χ0n) is 7.16. The van der Waals surface area contributed by atoms with Crippen LogP contribution in [0.5, 0.6) is 0 Å². The standard InChI is InChI=1S/C7H14O6/c1-3(9)5(11)7(13)6(12)4(10)2-8/h3,5-9,11-13H,2H2,1H3/t3-,5-,6+,7+/m1/s1. The number of ketones is 1. The minimum absolute atomic E-state index is 0.926. The van der Waals surface area contributed by atoms with Crippen molar-refractivity contribution in [2.24, 2.45) is 0 Å². The van der Waals surface area contributed by atoms with Crippen LogP contribution in [-0.4, -0.2) is 62.3 Å². The number of Topliss-reactive ketones (excluding diaryl/α,β-unsaturated/α-hetero) is 1. The fourth-order valence-electron chi connectivity index (χ4n) is 0.756.